The second kappa shape index (κ2) is 11.8. The van der Waals surface area contributed by atoms with Crippen LogP contribution < -0.4 is 4.74 Å². The molecule has 0 saturated carbocycles. The Morgan fingerprint density at radius 1 is 1.10 bits per heavy atom. The number of carbonyl (C=O) groups is 1. The van der Waals surface area contributed by atoms with Crippen molar-refractivity contribution in [3.8, 4) is 23.2 Å². The highest BCUT2D eigenvalue weighted by Gasteiger charge is 2.22. The predicted octanol–water partition coefficient (Wildman–Crippen LogP) is 5.85. The van der Waals surface area contributed by atoms with Crippen LogP contribution in [0, 0.1) is 17.1 Å². The Morgan fingerprint density at radius 3 is 2.64 bits per heavy atom. The van der Waals surface area contributed by atoms with Crippen molar-refractivity contribution in [2.45, 2.75) is 32.1 Å². The highest BCUT2D eigenvalue weighted by Crippen LogP contribution is 2.26. The van der Waals surface area contributed by atoms with Crippen LogP contribution in [0.25, 0.3) is 22.3 Å². The first kappa shape index (κ1) is 27.1. The second-order valence-corrected chi connectivity index (χ2v) is 10.1. The van der Waals surface area contributed by atoms with E-state index in [4.69, 9.17) is 24.5 Å². The number of nitriles is 1. The molecular weight excluding hydrogens is 535 g/mol. The molecule has 9 heteroatoms. The highest BCUT2D eigenvalue weighted by atomic mass is 19.1. The largest absolute Gasteiger partial charge is 0.473 e. The van der Waals surface area contributed by atoms with Crippen LogP contribution in [0.3, 0.4) is 0 Å². The van der Waals surface area contributed by atoms with E-state index in [1.54, 1.807) is 24.3 Å². The molecule has 210 valence electrons. The minimum Gasteiger partial charge on any atom is -0.473 e. The van der Waals surface area contributed by atoms with Crippen LogP contribution >= 0.6 is 0 Å². The van der Waals surface area contributed by atoms with Gasteiger partial charge in [-0.3, -0.25) is 0 Å². The normalized spacial score (nSPS) is 14.3. The molecule has 0 bridgehead atoms. The molecule has 2 aromatic heterocycles. The Morgan fingerprint density at radius 2 is 1.93 bits per heavy atom. The van der Waals surface area contributed by atoms with Crippen LogP contribution in [-0.2, 0) is 29.0 Å². The summed E-state index contributed by atoms with van der Waals surface area (Å²) >= 11 is 0. The van der Waals surface area contributed by atoms with Gasteiger partial charge in [-0.15, -0.1) is 0 Å². The van der Waals surface area contributed by atoms with Crippen molar-refractivity contribution in [3.63, 3.8) is 0 Å². The maximum absolute atomic E-state index is 14.2. The number of rotatable bonds is 9. The van der Waals surface area contributed by atoms with Crippen molar-refractivity contribution in [1.29, 1.82) is 5.26 Å². The first-order valence-corrected chi connectivity index (χ1v) is 13.6. The topological polar surface area (TPSA) is 99.3 Å². The van der Waals surface area contributed by atoms with Crippen molar-refractivity contribution in [2.75, 3.05) is 13.7 Å². The van der Waals surface area contributed by atoms with Crippen LogP contribution in [0.15, 0.2) is 78.9 Å². The molecule has 6 rings (SSSR count). The van der Waals surface area contributed by atoms with Gasteiger partial charge in [0.2, 0.25) is 5.88 Å². The number of pyridine rings is 1. The third-order valence-electron chi connectivity index (χ3n) is 7.32. The maximum Gasteiger partial charge on any atom is 0.337 e. The van der Waals surface area contributed by atoms with Crippen molar-refractivity contribution in [1.82, 2.24) is 14.5 Å². The number of hydrogen-bond acceptors (Lipinski definition) is 7. The molecule has 8 nitrogen and oxygen atoms in total. The number of halogens is 1. The minimum atomic E-state index is -0.488. The Labute approximate surface area is 241 Å². The van der Waals surface area contributed by atoms with Gasteiger partial charge in [0.05, 0.1) is 53.7 Å². The van der Waals surface area contributed by atoms with Crippen LogP contribution in [0.1, 0.15) is 39.3 Å². The second-order valence-electron chi connectivity index (χ2n) is 10.1. The number of fused-ring (bicyclic) bond motifs is 1. The Bertz CT molecular complexity index is 1810. The molecule has 1 unspecified atom stereocenters. The van der Waals surface area contributed by atoms with Crippen LogP contribution in [-0.4, -0.2) is 40.3 Å². The standard InChI is InChI=1S/C33H27FN4O4/c1-40-33(39)24-11-12-29-30(17-24)38(19-26-13-14-41-26)31(36-29)16-21-5-8-23(9-6-21)28-3-2-4-32(37-28)42-20-25-10-7-22(18-35)15-27(25)34/h2-12,15,17,26H,13-14,16,19-20H2,1H3. The zero-order valence-electron chi connectivity index (χ0n) is 22.9. The summed E-state index contributed by atoms with van der Waals surface area (Å²) in [5.74, 6) is 0.391. The van der Waals surface area contributed by atoms with Gasteiger partial charge in [0.1, 0.15) is 18.2 Å². The summed E-state index contributed by atoms with van der Waals surface area (Å²) in [5.41, 5.74) is 5.49. The zero-order chi connectivity index (χ0) is 29.1. The van der Waals surface area contributed by atoms with E-state index in [2.05, 4.69) is 9.55 Å². The number of ether oxygens (including phenoxy) is 3. The van der Waals surface area contributed by atoms with E-state index >= 15 is 0 Å². The van der Waals surface area contributed by atoms with Gasteiger partial charge in [0, 0.05) is 30.2 Å². The Balaban J connectivity index is 1.20. The molecule has 3 aromatic carbocycles. The van der Waals surface area contributed by atoms with Crippen molar-refractivity contribution >= 4 is 17.0 Å². The molecular formula is C33H27FN4O4. The lowest BCUT2D eigenvalue weighted by molar-refractivity contribution is -0.0589. The fourth-order valence-electron chi connectivity index (χ4n) is 4.91. The van der Waals surface area contributed by atoms with E-state index in [1.807, 2.05) is 54.6 Å². The monoisotopic (exact) mass is 562 g/mol. The molecule has 1 aliphatic heterocycles. The summed E-state index contributed by atoms with van der Waals surface area (Å²) in [6, 6.07) is 25.2. The van der Waals surface area contributed by atoms with Crippen LogP contribution in [0.4, 0.5) is 4.39 Å². The lowest BCUT2D eigenvalue weighted by Crippen LogP contribution is -2.31. The summed E-state index contributed by atoms with van der Waals surface area (Å²) in [6.45, 7) is 1.42. The SMILES string of the molecule is COC(=O)c1ccc2nc(Cc3ccc(-c4cccc(OCc5ccc(C#N)cc5F)n4)cc3)n(CC3CCO3)c2c1. The molecule has 1 aliphatic rings. The molecule has 0 N–H and O–H groups in total. The number of aromatic nitrogens is 3. The fourth-order valence-corrected chi connectivity index (χ4v) is 4.91. The van der Waals surface area contributed by atoms with E-state index in [0.717, 1.165) is 46.7 Å². The molecule has 0 spiro atoms. The zero-order valence-corrected chi connectivity index (χ0v) is 22.9. The molecule has 42 heavy (non-hydrogen) atoms. The lowest BCUT2D eigenvalue weighted by atomic mass is 10.1. The number of carbonyl (C=O) groups excluding carboxylic acids is 1. The molecule has 1 atom stereocenters. The highest BCUT2D eigenvalue weighted by molar-refractivity contribution is 5.93. The van der Waals surface area contributed by atoms with Crippen molar-refractivity contribution in [2.24, 2.45) is 0 Å². The lowest BCUT2D eigenvalue weighted by Gasteiger charge is -2.27. The summed E-state index contributed by atoms with van der Waals surface area (Å²) in [6.07, 6.45) is 1.71. The summed E-state index contributed by atoms with van der Waals surface area (Å²) in [7, 11) is 1.37. The summed E-state index contributed by atoms with van der Waals surface area (Å²) in [4.78, 5) is 21.6. The van der Waals surface area contributed by atoms with Gasteiger partial charge in [-0.1, -0.05) is 36.4 Å². The molecule has 0 amide bonds. The molecule has 1 fully saturated rings. The van der Waals surface area contributed by atoms with Gasteiger partial charge >= 0.3 is 5.97 Å². The number of nitrogens with zero attached hydrogens (tertiary/aromatic N) is 4. The first-order chi connectivity index (χ1) is 20.5. The quantitative estimate of drug-likeness (QED) is 0.208. The van der Waals surface area contributed by atoms with E-state index < -0.39 is 5.82 Å². The van der Waals surface area contributed by atoms with Gasteiger partial charge in [-0.25, -0.2) is 19.2 Å². The van der Waals surface area contributed by atoms with Gasteiger partial charge in [0.25, 0.3) is 0 Å². The number of methoxy groups -OCH3 is 1. The third-order valence-corrected chi connectivity index (χ3v) is 7.32. The van der Waals surface area contributed by atoms with Gasteiger partial charge in [0.15, 0.2) is 0 Å². The average Bonchev–Trinajstić information content (AvgIpc) is 3.34. The molecule has 0 radical (unpaired) electrons. The molecule has 1 saturated heterocycles. The predicted molar refractivity (Wildman–Crippen MR) is 153 cm³/mol. The van der Waals surface area contributed by atoms with Gasteiger partial charge in [-0.2, -0.15) is 5.26 Å². The number of benzene rings is 3. The van der Waals surface area contributed by atoms with E-state index in [-0.39, 0.29) is 24.2 Å². The third kappa shape index (κ3) is 5.71. The van der Waals surface area contributed by atoms with E-state index in [1.165, 1.54) is 13.2 Å². The summed E-state index contributed by atoms with van der Waals surface area (Å²) in [5, 5.41) is 8.93. The Kier molecular flexibility index (Phi) is 7.62. The van der Waals surface area contributed by atoms with Crippen LogP contribution in [0.2, 0.25) is 0 Å². The smallest absolute Gasteiger partial charge is 0.337 e. The van der Waals surface area contributed by atoms with Crippen molar-refractivity contribution < 1.29 is 23.4 Å². The number of hydrogen-bond donors (Lipinski definition) is 0. The molecule has 5 aromatic rings. The van der Waals surface area contributed by atoms with Crippen LogP contribution in [0.5, 0.6) is 5.88 Å². The number of imidazole rings is 1. The average molecular weight is 563 g/mol. The first-order valence-electron chi connectivity index (χ1n) is 13.6. The van der Waals surface area contributed by atoms with E-state index in [0.29, 0.717) is 30.0 Å². The minimum absolute atomic E-state index is 0.000946. The maximum atomic E-state index is 14.2. The summed E-state index contributed by atoms with van der Waals surface area (Å²) < 4.78 is 32.7. The van der Waals surface area contributed by atoms with Gasteiger partial charge < -0.3 is 18.8 Å². The van der Waals surface area contributed by atoms with E-state index in [9.17, 15) is 9.18 Å². The van der Waals surface area contributed by atoms with Crippen molar-refractivity contribution in [3.05, 3.63) is 113 Å². The fraction of sp³-hybridized carbons (Fsp3) is 0.212. The Hall–Kier alpha value is -5.07. The van der Waals surface area contributed by atoms with Gasteiger partial charge in [-0.05, 0) is 48.4 Å². The molecule has 3 heterocycles. The number of esters is 1. The molecule has 0 aliphatic carbocycles.